The highest BCUT2D eigenvalue weighted by molar-refractivity contribution is 5.72. The molecule has 1 saturated heterocycles. The van der Waals surface area contributed by atoms with E-state index in [9.17, 15) is 8.78 Å². The van der Waals surface area contributed by atoms with Gasteiger partial charge in [0.1, 0.15) is 18.1 Å². The van der Waals surface area contributed by atoms with Crippen LogP contribution in [0, 0.1) is 11.6 Å². The monoisotopic (exact) mass is 479 g/mol. The van der Waals surface area contributed by atoms with Gasteiger partial charge in [0.15, 0.2) is 17.4 Å². The highest BCUT2D eigenvalue weighted by atomic mass is 19.1. The molecule has 0 unspecified atom stereocenters. The van der Waals surface area contributed by atoms with Crippen LogP contribution in [-0.4, -0.2) is 59.2 Å². The van der Waals surface area contributed by atoms with Crippen LogP contribution in [0.15, 0.2) is 36.7 Å². The molecule has 0 bridgehead atoms. The third-order valence-electron chi connectivity index (χ3n) is 6.95. The lowest BCUT2D eigenvalue weighted by Crippen LogP contribution is -2.38. The van der Waals surface area contributed by atoms with Crippen molar-refractivity contribution < 1.29 is 13.5 Å². The van der Waals surface area contributed by atoms with Crippen molar-refractivity contribution in [2.24, 2.45) is 0 Å². The Morgan fingerprint density at radius 2 is 1.83 bits per heavy atom. The molecule has 184 valence electrons. The summed E-state index contributed by atoms with van der Waals surface area (Å²) in [5.74, 6) is 0.0551. The molecule has 6 nitrogen and oxygen atoms in total. The zero-order valence-electron chi connectivity index (χ0n) is 20.5. The fourth-order valence-corrected chi connectivity index (χ4v) is 4.93. The molecule has 0 atom stereocenters. The van der Waals surface area contributed by atoms with Gasteiger partial charge in [-0.3, -0.25) is 4.98 Å². The van der Waals surface area contributed by atoms with Crippen LogP contribution in [0.2, 0.25) is 0 Å². The van der Waals surface area contributed by atoms with Crippen LogP contribution in [0.1, 0.15) is 49.7 Å². The van der Waals surface area contributed by atoms with Crippen LogP contribution in [0.3, 0.4) is 0 Å². The predicted octanol–water partition coefficient (Wildman–Crippen LogP) is 4.82. The predicted molar refractivity (Wildman–Crippen MR) is 132 cm³/mol. The Balaban J connectivity index is 1.39. The van der Waals surface area contributed by atoms with Crippen LogP contribution in [0.4, 0.5) is 14.5 Å². The largest absolute Gasteiger partial charge is 0.486 e. The minimum absolute atomic E-state index is 0.0851. The quantitative estimate of drug-likeness (QED) is 0.523. The van der Waals surface area contributed by atoms with Crippen molar-refractivity contribution in [3.05, 3.63) is 65.4 Å². The fraction of sp³-hybridized carbons (Fsp3) is 0.444. The van der Waals surface area contributed by atoms with E-state index >= 15 is 0 Å². The number of ether oxygens (including phenoxy) is 1. The number of nitrogens with zero attached hydrogens (tertiary/aromatic N) is 5. The molecule has 3 aromatic rings. The van der Waals surface area contributed by atoms with Gasteiger partial charge in [0, 0.05) is 35.8 Å². The molecule has 0 amide bonds. The Hall–Kier alpha value is -3.13. The van der Waals surface area contributed by atoms with Gasteiger partial charge in [0.05, 0.1) is 18.4 Å². The van der Waals surface area contributed by atoms with Crippen molar-refractivity contribution in [3.63, 3.8) is 0 Å². The second-order valence-corrected chi connectivity index (χ2v) is 9.77. The van der Waals surface area contributed by atoms with Crippen LogP contribution in [-0.2, 0) is 6.42 Å². The summed E-state index contributed by atoms with van der Waals surface area (Å²) in [6, 6.07) is 7.32. The Bertz CT molecular complexity index is 1190. The summed E-state index contributed by atoms with van der Waals surface area (Å²) < 4.78 is 35.3. The van der Waals surface area contributed by atoms with Gasteiger partial charge in [0.2, 0.25) is 0 Å². The maximum Gasteiger partial charge on any atom is 0.178 e. The van der Waals surface area contributed by atoms with Crippen LogP contribution in [0.25, 0.3) is 11.3 Å². The van der Waals surface area contributed by atoms with Gasteiger partial charge in [-0.05, 0) is 70.6 Å². The van der Waals surface area contributed by atoms with Crippen molar-refractivity contribution in [1.29, 1.82) is 0 Å². The Labute approximate surface area is 205 Å². The molecule has 0 N–H and O–H groups in total. The van der Waals surface area contributed by atoms with Crippen LogP contribution >= 0.6 is 0 Å². The number of piperidine rings is 1. The summed E-state index contributed by atoms with van der Waals surface area (Å²) in [5.41, 5.74) is 3.14. The van der Waals surface area contributed by atoms with E-state index in [1.165, 1.54) is 6.07 Å². The van der Waals surface area contributed by atoms with E-state index in [1.54, 1.807) is 6.07 Å². The zero-order chi connectivity index (χ0) is 24.5. The summed E-state index contributed by atoms with van der Waals surface area (Å²) in [7, 11) is 2.15. The molecule has 1 fully saturated rings. The summed E-state index contributed by atoms with van der Waals surface area (Å²) in [6.45, 7) is 7.31. The molecule has 0 spiro atoms. The molecule has 2 aromatic heterocycles. The standard InChI is InChI=1S/C27H31F2N5O/c1-17(2)34-10-11-35-27-21(28)13-20(14-24(27)34)26-22(29)16-31-25(32-26)12-18-4-5-23(30-15-18)19-6-8-33(3)9-7-19/h4-5,13-17,19H,6-12H2,1-3H3. The van der Waals surface area contributed by atoms with Crippen molar-refractivity contribution in [2.45, 2.75) is 45.1 Å². The summed E-state index contributed by atoms with van der Waals surface area (Å²) >= 11 is 0. The van der Waals surface area contributed by atoms with Gasteiger partial charge >= 0.3 is 0 Å². The average molecular weight is 480 g/mol. The van der Waals surface area contributed by atoms with Gasteiger partial charge in [-0.1, -0.05) is 6.07 Å². The summed E-state index contributed by atoms with van der Waals surface area (Å²) in [4.78, 5) is 17.7. The second-order valence-electron chi connectivity index (χ2n) is 9.77. The first-order valence-electron chi connectivity index (χ1n) is 12.3. The third-order valence-corrected chi connectivity index (χ3v) is 6.95. The zero-order valence-corrected chi connectivity index (χ0v) is 20.5. The molecule has 35 heavy (non-hydrogen) atoms. The SMILES string of the molecule is CC(C)N1CCOc2c(F)cc(-c3nc(Cc4ccc(C5CCN(C)CC5)nc4)ncc3F)cc21. The molecule has 0 aliphatic carbocycles. The van der Waals surface area contributed by atoms with Gasteiger partial charge in [0.25, 0.3) is 0 Å². The Kier molecular flexibility index (Phi) is 6.65. The number of pyridine rings is 1. The van der Waals surface area contributed by atoms with E-state index in [1.807, 2.05) is 26.1 Å². The molecule has 8 heteroatoms. The minimum Gasteiger partial charge on any atom is -0.486 e. The van der Waals surface area contributed by atoms with Gasteiger partial charge in [-0.2, -0.15) is 0 Å². The summed E-state index contributed by atoms with van der Waals surface area (Å²) in [5, 5.41) is 0. The van der Waals surface area contributed by atoms with E-state index in [0.717, 1.165) is 43.4 Å². The first-order chi connectivity index (χ1) is 16.9. The molecule has 5 rings (SSSR count). The van der Waals surface area contributed by atoms with Crippen molar-refractivity contribution in [1.82, 2.24) is 19.9 Å². The van der Waals surface area contributed by atoms with E-state index in [2.05, 4.69) is 37.9 Å². The average Bonchev–Trinajstić information content (AvgIpc) is 2.86. The first-order valence-corrected chi connectivity index (χ1v) is 12.3. The Morgan fingerprint density at radius 3 is 2.54 bits per heavy atom. The van der Waals surface area contributed by atoms with Crippen molar-refractivity contribution in [3.8, 4) is 17.0 Å². The highest BCUT2D eigenvalue weighted by Crippen LogP contribution is 2.39. The number of rotatable bonds is 5. The van der Waals surface area contributed by atoms with Crippen LogP contribution < -0.4 is 9.64 Å². The van der Waals surface area contributed by atoms with Crippen molar-refractivity contribution >= 4 is 5.69 Å². The number of aromatic nitrogens is 3. The molecule has 1 aromatic carbocycles. The summed E-state index contributed by atoms with van der Waals surface area (Å²) in [6.07, 6.45) is 5.67. The fourth-order valence-electron chi connectivity index (χ4n) is 4.93. The van der Waals surface area contributed by atoms with Gasteiger partial charge in [-0.25, -0.2) is 18.7 Å². The lowest BCUT2D eigenvalue weighted by atomic mass is 9.93. The molecule has 0 saturated carbocycles. The normalized spacial score (nSPS) is 16.9. The smallest absolute Gasteiger partial charge is 0.178 e. The number of anilines is 1. The van der Waals surface area contributed by atoms with Crippen molar-refractivity contribution in [2.75, 3.05) is 38.2 Å². The second kappa shape index (κ2) is 9.85. The maximum absolute atomic E-state index is 14.9. The molecular formula is C27H31F2N5O. The van der Waals surface area contributed by atoms with Gasteiger partial charge in [-0.15, -0.1) is 0 Å². The molecule has 0 radical (unpaired) electrons. The lowest BCUT2D eigenvalue weighted by Gasteiger charge is -2.34. The number of halogens is 2. The van der Waals surface area contributed by atoms with E-state index < -0.39 is 11.6 Å². The first kappa shape index (κ1) is 23.6. The number of hydrogen-bond acceptors (Lipinski definition) is 6. The van der Waals surface area contributed by atoms with Crippen LogP contribution in [0.5, 0.6) is 5.75 Å². The Morgan fingerprint density at radius 1 is 1.03 bits per heavy atom. The van der Waals surface area contributed by atoms with Gasteiger partial charge < -0.3 is 14.5 Å². The number of likely N-dealkylation sites (tertiary alicyclic amines) is 1. The topological polar surface area (TPSA) is 54.4 Å². The molecule has 2 aliphatic heterocycles. The number of hydrogen-bond donors (Lipinski definition) is 0. The molecule has 2 aliphatic rings. The minimum atomic E-state index is -0.586. The third kappa shape index (κ3) is 4.98. The highest BCUT2D eigenvalue weighted by Gasteiger charge is 2.26. The maximum atomic E-state index is 14.9. The van der Waals surface area contributed by atoms with E-state index in [0.29, 0.717) is 42.6 Å². The number of fused-ring (bicyclic) bond motifs is 1. The molecular weight excluding hydrogens is 448 g/mol. The lowest BCUT2D eigenvalue weighted by molar-refractivity contribution is 0.253. The number of benzene rings is 1. The van der Waals surface area contributed by atoms with E-state index in [-0.39, 0.29) is 17.5 Å². The van der Waals surface area contributed by atoms with E-state index in [4.69, 9.17) is 4.74 Å². The molecule has 4 heterocycles.